The summed E-state index contributed by atoms with van der Waals surface area (Å²) in [4.78, 5) is 2.48. The Bertz CT molecular complexity index is 1010. The van der Waals surface area contributed by atoms with Crippen molar-refractivity contribution in [2.45, 2.75) is 38.5 Å². The average Bonchev–Trinajstić information content (AvgIpc) is 2.84. The molecule has 1 fully saturated rings. The molecule has 2 N–H and O–H groups in total. The lowest BCUT2D eigenvalue weighted by atomic mass is 9.97. The van der Waals surface area contributed by atoms with Gasteiger partial charge in [0.05, 0.1) is 6.61 Å². The highest BCUT2D eigenvalue weighted by Gasteiger charge is 2.12. The van der Waals surface area contributed by atoms with Crippen molar-refractivity contribution in [3.8, 4) is 17.2 Å². The minimum atomic E-state index is 0.180. The fourth-order valence-electron chi connectivity index (χ4n) is 4.46. The van der Waals surface area contributed by atoms with Crippen molar-refractivity contribution < 1.29 is 19.7 Å². The summed E-state index contributed by atoms with van der Waals surface area (Å²) < 4.78 is 12.1. The van der Waals surface area contributed by atoms with E-state index < -0.39 is 0 Å². The molecule has 3 aromatic rings. The van der Waals surface area contributed by atoms with Crippen LogP contribution in [0, 0.1) is 0 Å². The Balaban J connectivity index is 1.43. The second kappa shape index (κ2) is 11.9. The first-order chi connectivity index (χ1) is 16.2. The first kappa shape index (κ1) is 23.4. The van der Waals surface area contributed by atoms with E-state index in [1.54, 1.807) is 12.1 Å². The normalized spacial score (nSPS) is 14.5. The summed E-state index contributed by atoms with van der Waals surface area (Å²) in [5.41, 5.74) is 2.29. The molecule has 0 unspecified atom stereocenters. The van der Waals surface area contributed by atoms with Crippen LogP contribution in [0.5, 0.6) is 17.2 Å². The Kier molecular flexibility index (Phi) is 8.45. The molecule has 4 rings (SSSR count). The van der Waals surface area contributed by atoms with Gasteiger partial charge in [-0.15, -0.1) is 0 Å². The summed E-state index contributed by atoms with van der Waals surface area (Å²) in [6.45, 7) is 4.84. The molecule has 0 aromatic heterocycles. The van der Waals surface area contributed by atoms with Gasteiger partial charge < -0.3 is 19.7 Å². The monoisotopic (exact) mass is 449 g/mol. The van der Waals surface area contributed by atoms with E-state index in [0.29, 0.717) is 6.61 Å². The third-order valence-electron chi connectivity index (χ3n) is 6.31. The van der Waals surface area contributed by atoms with Crippen molar-refractivity contribution in [2.24, 2.45) is 0 Å². The number of likely N-dealkylation sites (tertiary alicyclic amines) is 1. The second-order valence-corrected chi connectivity index (χ2v) is 8.80. The summed E-state index contributed by atoms with van der Waals surface area (Å²) in [5.74, 6) is 2.02. The van der Waals surface area contributed by atoms with E-state index >= 15 is 0 Å². The number of rotatable bonds is 11. The zero-order chi connectivity index (χ0) is 22.9. The molecule has 1 saturated heterocycles. The van der Waals surface area contributed by atoms with E-state index in [4.69, 9.17) is 14.6 Å². The molecule has 1 aliphatic heterocycles. The number of ether oxygens (including phenoxy) is 2. The van der Waals surface area contributed by atoms with Gasteiger partial charge >= 0.3 is 0 Å². The number of fused-ring (bicyclic) bond motifs is 1. The van der Waals surface area contributed by atoms with Gasteiger partial charge in [-0.3, -0.25) is 4.90 Å². The van der Waals surface area contributed by atoms with E-state index in [2.05, 4.69) is 17.0 Å². The maximum atomic E-state index is 9.89. The number of phenolic OH excluding ortho intramolecular Hbond substituents is 1. The van der Waals surface area contributed by atoms with E-state index in [1.807, 2.05) is 30.3 Å². The lowest BCUT2D eigenvalue weighted by Crippen LogP contribution is -2.33. The molecule has 0 saturated carbocycles. The van der Waals surface area contributed by atoms with Crippen molar-refractivity contribution in [1.82, 2.24) is 4.90 Å². The Labute approximate surface area is 196 Å². The molecular formula is C28H35NO4. The number of benzene rings is 3. The van der Waals surface area contributed by atoms with Crippen LogP contribution in [0.1, 0.15) is 43.2 Å². The predicted octanol–water partition coefficient (Wildman–Crippen LogP) is 5.15. The summed E-state index contributed by atoms with van der Waals surface area (Å²) in [6, 6.07) is 17.8. The molecule has 1 aliphatic rings. The molecule has 0 spiro atoms. The highest BCUT2D eigenvalue weighted by atomic mass is 16.5. The van der Waals surface area contributed by atoms with Crippen molar-refractivity contribution >= 4 is 10.8 Å². The lowest BCUT2D eigenvalue weighted by molar-refractivity contribution is 0.183. The number of unbranched alkanes of at least 4 members (excludes halogenated alkanes) is 1. The molecule has 0 bridgehead atoms. The molecule has 0 radical (unpaired) electrons. The summed E-state index contributed by atoms with van der Waals surface area (Å²) >= 11 is 0. The van der Waals surface area contributed by atoms with Gasteiger partial charge in [-0.25, -0.2) is 0 Å². The Hall–Kier alpha value is -2.76. The molecular weight excluding hydrogens is 414 g/mol. The van der Waals surface area contributed by atoms with Gasteiger partial charge in [0.25, 0.3) is 0 Å². The number of aromatic hydroxyl groups is 1. The zero-order valence-corrected chi connectivity index (χ0v) is 19.3. The van der Waals surface area contributed by atoms with Crippen molar-refractivity contribution in [2.75, 3.05) is 39.5 Å². The van der Waals surface area contributed by atoms with E-state index in [1.165, 1.54) is 37.9 Å². The molecule has 5 heteroatoms. The topological polar surface area (TPSA) is 62.2 Å². The van der Waals surface area contributed by atoms with Crippen LogP contribution in [0.2, 0.25) is 0 Å². The standard InChI is InChI=1S/C28H35NO4/c30-17-4-5-18-33-28-13-8-23-21-24(31)9-12-26(23)27(28)20-22-6-10-25(11-7-22)32-19-16-29-14-2-1-3-15-29/h6-13,21,30-31H,1-5,14-20H2. The third kappa shape index (κ3) is 6.62. The van der Waals surface area contributed by atoms with Gasteiger partial charge in [0, 0.05) is 25.1 Å². The Morgan fingerprint density at radius 3 is 2.42 bits per heavy atom. The van der Waals surface area contributed by atoms with Crippen molar-refractivity contribution in [3.05, 3.63) is 65.7 Å². The summed E-state index contributed by atoms with van der Waals surface area (Å²) in [5, 5.41) is 21.0. The van der Waals surface area contributed by atoms with Crippen LogP contribution in [-0.2, 0) is 6.42 Å². The van der Waals surface area contributed by atoms with E-state index in [9.17, 15) is 5.11 Å². The molecule has 5 nitrogen and oxygen atoms in total. The van der Waals surface area contributed by atoms with Gasteiger partial charge in [0.2, 0.25) is 0 Å². The maximum absolute atomic E-state index is 9.89. The third-order valence-corrected chi connectivity index (χ3v) is 6.31. The van der Waals surface area contributed by atoms with Gasteiger partial charge in [0.1, 0.15) is 23.9 Å². The summed E-state index contributed by atoms with van der Waals surface area (Å²) in [7, 11) is 0. The first-order valence-electron chi connectivity index (χ1n) is 12.2. The fourth-order valence-corrected chi connectivity index (χ4v) is 4.46. The second-order valence-electron chi connectivity index (χ2n) is 8.80. The zero-order valence-electron chi connectivity index (χ0n) is 19.3. The quantitative estimate of drug-likeness (QED) is 0.396. The van der Waals surface area contributed by atoms with Crippen LogP contribution in [0.25, 0.3) is 10.8 Å². The van der Waals surface area contributed by atoms with Crippen LogP contribution < -0.4 is 9.47 Å². The average molecular weight is 450 g/mol. The molecule has 1 heterocycles. The van der Waals surface area contributed by atoms with Crippen LogP contribution in [-0.4, -0.2) is 54.6 Å². The lowest BCUT2D eigenvalue weighted by Gasteiger charge is -2.26. The number of nitrogens with zero attached hydrogens (tertiary/aromatic N) is 1. The minimum Gasteiger partial charge on any atom is -0.508 e. The SMILES string of the molecule is OCCCCOc1ccc2cc(O)ccc2c1Cc1ccc(OCCN2CCCCC2)cc1. The number of phenols is 1. The highest BCUT2D eigenvalue weighted by molar-refractivity contribution is 5.89. The van der Waals surface area contributed by atoms with Crippen LogP contribution >= 0.6 is 0 Å². The Morgan fingerprint density at radius 2 is 1.64 bits per heavy atom. The number of aliphatic hydroxyl groups excluding tert-OH is 1. The smallest absolute Gasteiger partial charge is 0.123 e. The predicted molar refractivity (Wildman–Crippen MR) is 132 cm³/mol. The number of piperidine rings is 1. The summed E-state index contributed by atoms with van der Waals surface area (Å²) in [6.07, 6.45) is 6.23. The number of hydrogen-bond acceptors (Lipinski definition) is 5. The molecule has 33 heavy (non-hydrogen) atoms. The highest BCUT2D eigenvalue weighted by Crippen LogP contribution is 2.32. The molecule has 0 amide bonds. The van der Waals surface area contributed by atoms with Gasteiger partial charge in [-0.05, 0) is 85.4 Å². The van der Waals surface area contributed by atoms with Crippen molar-refractivity contribution in [1.29, 1.82) is 0 Å². The van der Waals surface area contributed by atoms with E-state index in [0.717, 1.165) is 60.2 Å². The fraction of sp³-hybridized carbons (Fsp3) is 0.429. The maximum Gasteiger partial charge on any atom is 0.123 e. The Morgan fingerprint density at radius 1 is 0.818 bits per heavy atom. The van der Waals surface area contributed by atoms with Gasteiger partial charge in [0.15, 0.2) is 0 Å². The van der Waals surface area contributed by atoms with Gasteiger partial charge in [-0.1, -0.05) is 30.7 Å². The molecule has 0 atom stereocenters. The van der Waals surface area contributed by atoms with Crippen molar-refractivity contribution in [3.63, 3.8) is 0 Å². The molecule has 0 aliphatic carbocycles. The number of hydrogen-bond donors (Lipinski definition) is 2. The number of aliphatic hydroxyl groups is 1. The van der Waals surface area contributed by atoms with Crippen LogP contribution in [0.3, 0.4) is 0 Å². The van der Waals surface area contributed by atoms with Crippen LogP contribution in [0.4, 0.5) is 0 Å². The van der Waals surface area contributed by atoms with Gasteiger partial charge in [-0.2, -0.15) is 0 Å². The molecule has 3 aromatic carbocycles. The van der Waals surface area contributed by atoms with E-state index in [-0.39, 0.29) is 12.4 Å². The van der Waals surface area contributed by atoms with Crippen LogP contribution in [0.15, 0.2) is 54.6 Å². The minimum absolute atomic E-state index is 0.180. The first-order valence-corrected chi connectivity index (χ1v) is 12.2. The largest absolute Gasteiger partial charge is 0.508 e. The molecule has 176 valence electrons.